The van der Waals surface area contributed by atoms with Crippen molar-refractivity contribution in [1.82, 2.24) is 5.32 Å². The maximum atomic E-state index is 5.40. The summed E-state index contributed by atoms with van der Waals surface area (Å²) in [5, 5.41) is 3.65. The Kier molecular flexibility index (Phi) is 7.63. The molecule has 1 N–H and O–H groups in total. The number of nitrogens with one attached hydrogen (secondary N) is 1. The fourth-order valence-electron chi connectivity index (χ4n) is 2.53. The molecule has 0 radical (unpaired) electrons. The number of methoxy groups -OCH3 is 2. The Morgan fingerprint density at radius 1 is 1.15 bits per heavy atom. The molecule has 0 bridgehead atoms. The minimum atomic E-state index is 0.398. The van der Waals surface area contributed by atoms with Gasteiger partial charge in [0.1, 0.15) is 5.75 Å². The van der Waals surface area contributed by atoms with Crippen molar-refractivity contribution in [3.05, 3.63) is 28.8 Å². The van der Waals surface area contributed by atoms with Crippen LogP contribution in [0, 0.1) is 13.8 Å². The van der Waals surface area contributed by atoms with E-state index in [1.54, 1.807) is 14.2 Å². The van der Waals surface area contributed by atoms with Gasteiger partial charge in [0.15, 0.2) is 0 Å². The molecular weight excluding hydrogens is 250 g/mol. The van der Waals surface area contributed by atoms with Crippen molar-refractivity contribution in [3.8, 4) is 5.75 Å². The molecule has 0 aliphatic rings. The largest absolute Gasteiger partial charge is 0.496 e. The Bertz CT molecular complexity index is 404. The van der Waals surface area contributed by atoms with Gasteiger partial charge in [-0.1, -0.05) is 13.0 Å². The van der Waals surface area contributed by atoms with Gasteiger partial charge in [-0.15, -0.1) is 0 Å². The number of benzene rings is 1. The molecule has 1 rings (SSSR count). The summed E-state index contributed by atoms with van der Waals surface area (Å²) in [5.41, 5.74) is 3.87. The van der Waals surface area contributed by atoms with Gasteiger partial charge in [-0.05, 0) is 62.4 Å². The van der Waals surface area contributed by atoms with E-state index in [4.69, 9.17) is 9.47 Å². The lowest BCUT2D eigenvalue weighted by Crippen LogP contribution is -2.23. The van der Waals surface area contributed by atoms with E-state index in [0.717, 1.165) is 38.2 Å². The number of ether oxygens (including phenoxy) is 2. The van der Waals surface area contributed by atoms with Gasteiger partial charge in [-0.3, -0.25) is 0 Å². The Balaban J connectivity index is 2.90. The van der Waals surface area contributed by atoms with Crippen molar-refractivity contribution in [2.75, 3.05) is 27.4 Å². The summed E-state index contributed by atoms with van der Waals surface area (Å²) in [6.45, 7) is 8.33. The third kappa shape index (κ3) is 4.80. The summed E-state index contributed by atoms with van der Waals surface area (Å²) in [6, 6.07) is 4.80. The lowest BCUT2D eigenvalue weighted by Gasteiger charge is -2.22. The highest BCUT2D eigenvalue weighted by Gasteiger charge is 2.15. The van der Waals surface area contributed by atoms with Gasteiger partial charge < -0.3 is 14.8 Å². The fraction of sp³-hybridized carbons (Fsp3) is 0.647. The molecule has 0 aliphatic heterocycles. The smallest absolute Gasteiger partial charge is 0.122 e. The van der Waals surface area contributed by atoms with Gasteiger partial charge in [0.25, 0.3) is 0 Å². The SMILES string of the molecule is CCCNC(CCCOC)c1cc(C)c(OC)cc1C. The highest BCUT2D eigenvalue weighted by atomic mass is 16.5. The van der Waals surface area contributed by atoms with Crippen molar-refractivity contribution in [1.29, 1.82) is 0 Å². The first kappa shape index (κ1) is 17.0. The van der Waals surface area contributed by atoms with E-state index in [2.05, 4.69) is 38.2 Å². The van der Waals surface area contributed by atoms with Crippen LogP contribution in [-0.2, 0) is 4.74 Å². The topological polar surface area (TPSA) is 30.5 Å². The number of hydrogen-bond donors (Lipinski definition) is 1. The average Bonchev–Trinajstić information content (AvgIpc) is 2.45. The number of hydrogen-bond acceptors (Lipinski definition) is 3. The molecule has 0 saturated heterocycles. The molecule has 3 heteroatoms. The molecule has 1 aromatic carbocycles. The average molecular weight is 279 g/mol. The first-order valence-electron chi connectivity index (χ1n) is 7.51. The Morgan fingerprint density at radius 3 is 2.50 bits per heavy atom. The van der Waals surface area contributed by atoms with Crippen molar-refractivity contribution in [2.45, 2.75) is 46.1 Å². The lowest BCUT2D eigenvalue weighted by atomic mass is 9.95. The first-order valence-corrected chi connectivity index (χ1v) is 7.51. The molecular formula is C17H29NO2. The minimum absolute atomic E-state index is 0.398. The minimum Gasteiger partial charge on any atom is -0.496 e. The van der Waals surface area contributed by atoms with Crippen LogP contribution in [0.25, 0.3) is 0 Å². The second kappa shape index (κ2) is 8.98. The maximum Gasteiger partial charge on any atom is 0.122 e. The molecule has 1 atom stereocenters. The zero-order valence-corrected chi connectivity index (χ0v) is 13.6. The molecule has 0 spiro atoms. The Labute approximate surface area is 123 Å². The Hall–Kier alpha value is -1.06. The molecule has 3 nitrogen and oxygen atoms in total. The van der Waals surface area contributed by atoms with E-state index in [9.17, 15) is 0 Å². The summed E-state index contributed by atoms with van der Waals surface area (Å²) in [5.74, 6) is 0.970. The summed E-state index contributed by atoms with van der Waals surface area (Å²) in [4.78, 5) is 0. The Morgan fingerprint density at radius 2 is 1.90 bits per heavy atom. The van der Waals surface area contributed by atoms with Gasteiger partial charge in [0.2, 0.25) is 0 Å². The van der Waals surface area contributed by atoms with E-state index >= 15 is 0 Å². The van der Waals surface area contributed by atoms with Crippen LogP contribution in [-0.4, -0.2) is 27.4 Å². The van der Waals surface area contributed by atoms with Crippen LogP contribution >= 0.6 is 0 Å². The number of aryl methyl sites for hydroxylation is 2. The lowest BCUT2D eigenvalue weighted by molar-refractivity contribution is 0.188. The van der Waals surface area contributed by atoms with Crippen LogP contribution in [0.15, 0.2) is 12.1 Å². The van der Waals surface area contributed by atoms with Crippen LogP contribution in [0.2, 0.25) is 0 Å². The zero-order chi connectivity index (χ0) is 15.0. The van der Waals surface area contributed by atoms with E-state index in [1.165, 1.54) is 16.7 Å². The fourth-order valence-corrected chi connectivity index (χ4v) is 2.53. The quantitative estimate of drug-likeness (QED) is 0.698. The molecule has 0 amide bonds. The van der Waals surface area contributed by atoms with E-state index in [-0.39, 0.29) is 0 Å². The molecule has 20 heavy (non-hydrogen) atoms. The molecule has 114 valence electrons. The molecule has 0 aromatic heterocycles. The van der Waals surface area contributed by atoms with Crippen molar-refractivity contribution >= 4 is 0 Å². The molecule has 1 unspecified atom stereocenters. The molecule has 0 aliphatic carbocycles. The van der Waals surface area contributed by atoms with Crippen molar-refractivity contribution in [2.24, 2.45) is 0 Å². The van der Waals surface area contributed by atoms with Crippen LogP contribution in [0.4, 0.5) is 0 Å². The summed E-state index contributed by atoms with van der Waals surface area (Å²) in [6.07, 6.45) is 3.32. The van der Waals surface area contributed by atoms with Gasteiger partial charge in [-0.2, -0.15) is 0 Å². The van der Waals surface area contributed by atoms with Gasteiger partial charge in [-0.25, -0.2) is 0 Å². The zero-order valence-electron chi connectivity index (χ0n) is 13.6. The predicted octanol–water partition coefficient (Wildman–Crippen LogP) is 3.78. The second-order valence-electron chi connectivity index (χ2n) is 5.32. The normalized spacial score (nSPS) is 12.4. The summed E-state index contributed by atoms with van der Waals surface area (Å²) in [7, 11) is 3.49. The third-order valence-electron chi connectivity index (χ3n) is 3.64. The predicted molar refractivity (Wildman–Crippen MR) is 84.6 cm³/mol. The molecule has 0 saturated carbocycles. The van der Waals surface area contributed by atoms with Gasteiger partial charge >= 0.3 is 0 Å². The van der Waals surface area contributed by atoms with Gasteiger partial charge in [0, 0.05) is 19.8 Å². The van der Waals surface area contributed by atoms with Crippen LogP contribution < -0.4 is 10.1 Å². The number of rotatable bonds is 9. The standard InChI is InChI=1S/C17H29NO2/c1-6-9-18-16(8-7-10-19-4)15-11-14(3)17(20-5)12-13(15)2/h11-12,16,18H,6-10H2,1-5H3. The summed E-state index contributed by atoms with van der Waals surface area (Å²) >= 11 is 0. The van der Waals surface area contributed by atoms with Crippen molar-refractivity contribution in [3.63, 3.8) is 0 Å². The van der Waals surface area contributed by atoms with E-state index in [0.29, 0.717) is 6.04 Å². The van der Waals surface area contributed by atoms with Crippen LogP contribution in [0.1, 0.15) is 48.9 Å². The van der Waals surface area contributed by atoms with E-state index < -0.39 is 0 Å². The summed E-state index contributed by atoms with van der Waals surface area (Å²) < 4.78 is 10.6. The molecule has 0 heterocycles. The van der Waals surface area contributed by atoms with E-state index in [1.807, 2.05) is 0 Å². The maximum absolute atomic E-state index is 5.40. The molecule has 1 aromatic rings. The highest BCUT2D eigenvalue weighted by molar-refractivity contribution is 5.42. The van der Waals surface area contributed by atoms with Gasteiger partial charge in [0.05, 0.1) is 7.11 Å². The second-order valence-corrected chi connectivity index (χ2v) is 5.32. The molecule has 0 fully saturated rings. The third-order valence-corrected chi connectivity index (χ3v) is 3.64. The first-order chi connectivity index (χ1) is 9.63. The highest BCUT2D eigenvalue weighted by Crippen LogP contribution is 2.28. The van der Waals surface area contributed by atoms with Crippen LogP contribution in [0.3, 0.4) is 0 Å². The van der Waals surface area contributed by atoms with Crippen LogP contribution in [0.5, 0.6) is 5.75 Å². The van der Waals surface area contributed by atoms with Crippen molar-refractivity contribution < 1.29 is 9.47 Å². The monoisotopic (exact) mass is 279 g/mol.